The molecule has 1 atom stereocenters. The summed E-state index contributed by atoms with van der Waals surface area (Å²) in [6.07, 6.45) is 2.06. The van der Waals surface area contributed by atoms with E-state index in [0.29, 0.717) is 19.7 Å². The molecule has 0 radical (unpaired) electrons. The number of carbonyl (C=O) groups is 2. The number of primary amides is 1. The van der Waals surface area contributed by atoms with Gasteiger partial charge in [0.2, 0.25) is 5.91 Å². The molecule has 1 fully saturated rings. The zero-order chi connectivity index (χ0) is 11.3. The lowest BCUT2D eigenvalue weighted by molar-refractivity contribution is -0.123. The largest absolute Gasteiger partial charge is 0.449 e. The quantitative estimate of drug-likeness (QED) is 0.752. The first-order valence-electron chi connectivity index (χ1n) is 5.36. The number of amides is 2. The summed E-state index contributed by atoms with van der Waals surface area (Å²) in [7, 11) is 0. The van der Waals surface area contributed by atoms with Crippen molar-refractivity contribution in [2.45, 2.75) is 26.2 Å². The summed E-state index contributed by atoms with van der Waals surface area (Å²) in [5, 5.41) is 0. The van der Waals surface area contributed by atoms with Crippen LogP contribution < -0.4 is 5.73 Å². The van der Waals surface area contributed by atoms with Crippen molar-refractivity contribution in [1.29, 1.82) is 0 Å². The van der Waals surface area contributed by atoms with E-state index >= 15 is 0 Å². The number of hydrogen-bond donors (Lipinski definition) is 1. The van der Waals surface area contributed by atoms with Gasteiger partial charge in [-0.2, -0.15) is 0 Å². The van der Waals surface area contributed by atoms with Gasteiger partial charge in [0.25, 0.3) is 0 Å². The highest BCUT2D eigenvalue weighted by molar-refractivity contribution is 5.78. The first-order chi connectivity index (χ1) is 7.15. The summed E-state index contributed by atoms with van der Waals surface area (Å²) in [5.74, 6) is -0.545. The summed E-state index contributed by atoms with van der Waals surface area (Å²) in [6, 6.07) is 0. The Balaban J connectivity index is 2.41. The Morgan fingerprint density at radius 1 is 1.53 bits per heavy atom. The van der Waals surface area contributed by atoms with Crippen LogP contribution in [-0.4, -0.2) is 36.6 Å². The van der Waals surface area contributed by atoms with E-state index in [1.807, 2.05) is 6.92 Å². The van der Waals surface area contributed by atoms with Gasteiger partial charge >= 0.3 is 6.09 Å². The van der Waals surface area contributed by atoms with Crippen LogP contribution in [0.15, 0.2) is 0 Å². The van der Waals surface area contributed by atoms with Crippen LogP contribution >= 0.6 is 0 Å². The van der Waals surface area contributed by atoms with Gasteiger partial charge in [0.05, 0.1) is 12.5 Å². The molecule has 0 aromatic rings. The fourth-order valence-corrected chi connectivity index (χ4v) is 1.66. The molecule has 1 saturated heterocycles. The zero-order valence-electron chi connectivity index (χ0n) is 9.07. The molecule has 86 valence electrons. The van der Waals surface area contributed by atoms with E-state index in [1.54, 1.807) is 4.90 Å². The van der Waals surface area contributed by atoms with Crippen molar-refractivity contribution in [1.82, 2.24) is 4.90 Å². The minimum absolute atomic E-state index is 0.215. The standard InChI is InChI=1S/C10H18N2O3/c1-2-6-15-10(14)12-5-3-4-8(7-12)9(11)13/h8H,2-7H2,1H3,(H2,11,13)/t8-/m1/s1. The van der Waals surface area contributed by atoms with E-state index in [9.17, 15) is 9.59 Å². The monoisotopic (exact) mass is 214 g/mol. The Hall–Kier alpha value is -1.26. The minimum Gasteiger partial charge on any atom is -0.449 e. The van der Waals surface area contributed by atoms with Gasteiger partial charge in [-0.25, -0.2) is 4.79 Å². The summed E-state index contributed by atoms with van der Waals surface area (Å²) in [4.78, 5) is 24.0. The number of carbonyl (C=O) groups excluding carboxylic acids is 2. The molecule has 2 N–H and O–H groups in total. The van der Waals surface area contributed by atoms with Gasteiger partial charge in [-0.1, -0.05) is 6.92 Å². The molecule has 5 nitrogen and oxygen atoms in total. The third-order valence-corrected chi connectivity index (χ3v) is 2.51. The van der Waals surface area contributed by atoms with Crippen molar-refractivity contribution in [2.75, 3.05) is 19.7 Å². The van der Waals surface area contributed by atoms with E-state index in [4.69, 9.17) is 10.5 Å². The molecule has 5 heteroatoms. The maximum Gasteiger partial charge on any atom is 0.409 e. The van der Waals surface area contributed by atoms with Crippen LogP contribution in [0.5, 0.6) is 0 Å². The van der Waals surface area contributed by atoms with Crippen LogP contribution in [-0.2, 0) is 9.53 Å². The number of ether oxygens (including phenoxy) is 1. The zero-order valence-corrected chi connectivity index (χ0v) is 9.07. The highest BCUT2D eigenvalue weighted by atomic mass is 16.6. The highest BCUT2D eigenvalue weighted by Gasteiger charge is 2.27. The second-order valence-electron chi connectivity index (χ2n) is 3.80. The smallest absolute Gasteiger partial charge is 0.409 e. The Morgan fingerprint density at radius 3 is 2.87 bits per heavy atom. The van der Waals surface area contributed by atoms with Crippen molar-refractivity contribution in [3.63, 3.8) is 0 Å². The van der Waals surface area contributed by atoms with Crippen LogP contribution in [0, 0.1) is 5.92 Å². The summed E-state index contributed by atoms with van der Waals surface area (Å²) in [5.41, 5.74) is 5.21. The fourth-order valence-electron chi connectivity index (χ4n) is 1.66. The lowest BCUT2D eigenvalue weighted by atomic mass is 9.98. The molecule has 0 unspecified atom stereocenters. The molecule has 1 aliphatic rings. The lowest BCUT2D eigenvalue weighted by Crippen LogP contribution is -2.44. The predicted molar refractivity (Wildman–Crippen MR) is 55.1 cm³/mol. The predicted octanol–water partition coefficient (Wildman–Crippen LogP) is 0.730. The maximum absolute atomic E-state index is 11.5. The third-order valence-electron chi connectivity index (χ3n) is 2.51. The van der Waals surface area contributed by atoms with Gasteiger partial charge in [0.1, 0.15) is 0 Å². The van der Waals surface area contributed by atoms with Crippen LogP contribution in [0.4, 0.5) is 4.79 Å². The first kappa shape index (κ1) is 11.8. The molecule has 0 aliphatic carbocycles. The van der Waals surface area contributed by atoms with Crippen LogP contribution in [0.25, 0.3) is 0 Å². The molecule has 0 bridgehead atoms. The second-order valence-corrected chi connectivity index (χ2v) is 3.80. The molecule has 1 aliphatic heterocycles. The third kappa shape index (κ3) is 3.42. The van der Waals surface area contributed by atoms with Gasteiger partial charge in [-0.3, -0.25) is 4.79 Å². The normalized spacial score (nSPS) is 21.1. The molecule has 2 amide bonds. The number of rotatable bonds is 3. The van der Waals surface area contributed by atoms with Gasteiger partial charge in [-0.15, -0.1) is 0 Å². The van der Waals surface area contributed by atoms with Crippen molar-refractivity contribution in [3.8, 4) is 0 Å². The van der Waals surface area contributed by atoms with Gasteiger partial charge in [0.15, 0.2) is 0 Å². The number of hydrogen-bond acceptors (Lipinski definition) is 3. The molecule has 0 aromatic heterocycles. The molecular weight excluding hydrogens is 196 g/mol. The summed E-state index contributed by atoms with van der Waals surface area (Å²) in [6.45, 7) is 3.43. The van der Waals surface area contributed by atoms with E-state index in [2.05, 4.69) is 0 Å². The number of nitrogens with zero attached hydrogens (tertiary/aromatic N) is 1. The summed E-state index contributed by atoms with van der Waals surface area (Å²) < 4.78 is 4.99. The SMILES string of the molecule is CCCOC(=O)N1CCC[C@@H](C(N)=O)C1. The van der Waals surface area contributed by atoms with Crippen LogP contribution in [0.1, 0.15) is 26.2 Å². The molecular formula is C10H18N2O3. The van der Waals surface area contributed by atoms with E-state index < -0.39 is 0 Å². The van der Waals surface area contributed by atoms with Crippen molar-refractivity contribution >= 4 is 12.0 Å². The highest BCUT2D eigenvalue weighted by Crippen LogP contribution is 2.16. The lowest BCUT2D eigenvalue weighted by Gasteiger charge is -2.30. The van der Waals surface area contributed by atoms with Crippen molar-refractivity contribution in [2.24, 2.45) is 11.7 Å². The van der Waals surface area contributed by atoms with E-state index in [1.165, 1.54) is 0 Å². The molecule has 15 heavy (non-hydrogen) atoms. The van der Waals surface area contributed by atoms with Gasteiger partial charge < -0.3 is 15.4 Å². The Bertz CT molecular complexity index is 243. The van der Waals surface area contributed by atoms with Gasteiger partial charge in [0, 0.05) is 13.1 Å². The summed E-state index contributed by atoms with van der Waals surface area (Å²) >= 11 is 0. The first-order valence-corrected chi connectivity index (χ1v) is 5.36. The Labute approximate surface area is 89.6 Å². The Kier molecular flexibility index (Phi) is 4.39. The molecule has 1 heterocycles. The Morgan fingerprint density at radius 2 is 2.27 bits per heavy atom. The molecule has 1 rings (SSSR count). The minimum atomic E-state index is -0.331. The fraction of sp³-hybridized carbons (Fsp3) is 0.800. The maximum atomic E-state index is 11.5. The topological polar surface area (TPSA) is 72.6 Å². The number of likely N-dealkylation sites (tertiary alicyclic amines) is 1. The molecule has 0 saturated carbocycles. The molecule has 0 spiro atoms. The average molecular weight is 214 g/mol. The second kappa shape index (κ2) is 5.58. The van der Waals surface area contributed by atoms with Crippen molar-refractivity contribution < 1.29 is 14.3 Å². The van der Waals surface area contributed by atoms with Crippen LogP contribution in [0.3, 0.4) is 0 Å². The number of piperidine rings is 1. The molecule has 0 aromatic carbocycles. The van der Waals surface area contributed by atoms with Crippen LogP contribution in [0.2, 0.25) is 0 Å². The van der Waals surface area contributed by atoms with Gasteiger partial charge in [-0.05, 0) is 19.3 Å². The average Bonchev–Trinajstić information content (AvgIpc) is 2.26. The number of nitrogens with two attached hydrogens (primary N) is 1. The van der Waals surface area contributed by atoms with E-state index in [0.717, 1.165) is 19.3 Å². The van der Waals surface area contributed by atoms with Crippen molar-refractivity contribution in [3.05, 3.63) is 0 Å². The van der Waals surface area contributed by atoms with E-state index in [-0.39, 0.29) is 17.9 Å².